The summed E-state index contributed by atoms with van der Waals surface area (Å²) in [5, 5.41) is 4.05. The highest BCUT2D eigenvalue weighted by atomic mass is 32.1. The lowest BCUT2D eigenvalue weighted by Crippen LogP contribution is -2.65. The van der Waals surface area contributed by atoms with Crippen LogP contribution in [0.5, 0.6) is 0 Å². The number of aromatic nitrogens is 1. The summed E-state index contributed by atoms with van der Waals surface area (Å²) in [6.07, 6.45) is 1.90. The maximum absolute atomic E-state index is 12.3. The molecule has 2 fully saturated rings. The van der Waals surface area contributed by atoms with E-state index in [9.17, 15) is 14.4 Å². The average molecular weight is 265 g/mol. The maximum atomic E-state index is 12.3. The smallest absolute Gasteiger partial charge is 0.277 e. The Kier molecular flexibility index (Phi) is 2.44. The van der Waals surface area contributed by atoms with Crippen LogP contribution in [-0.2, 0) is 16.1 Å². The number of nitrogens with zero attached hydrogens (tertiary/aromatic N) is 2. The van der Waals surface area contributed by atoms with Crippen molar-refractivity contribution in [1.29, 1.82) is 0 Å². The number of amides is 4. The molecule has 1 saturated heterocycles. The summed E-state index contributed by atoms with van der Waals surface area (Å²) in [4.78, 5) is 40.9. The highest BCUT2D eigenvalue weighted by molar-refractivity contribution is 7.07. The molecule has 1 N–H and O–H groups in total. The van der Waals surface area contributed by atoms with Gasteiger partial charge in [0.05, 0.1) is 17.7 Å². The minimum Gasteiger partial charge on any atom is -0.277 e. The van der Waals surface area contributed by atoms with Crippen molar-refractivity contribution in [2.75, 3.05) is 0 Å². The predicted molar refractivity (Wildman–Crippen MR) is 62.5 cm³/mol. The van der Waals surface area contributed by atoms with Crippen molar-refractivity contribution in [1.82, 2.24) is 15.2 Å². The first kappa shape index (κ1) is 11.3. The van der Waals surface area contributed by atoms with Crippen LogP contribution in [0.3, 0.4) is 0 Å². The molecule has 0 atom stereocenters. The summed E-state index contributed by atoms with van der Waals surface area (Å²) in [6.45, 7) is 0.128. The second-order valence-electron chi connectivity index (χ2n) is 4.57. The molecule has 2 heterocycles. The third kappa shape index (κ3) is 1.47. The quantitative estimate of drug-likeness (QED) is 0.805. The van der Waals surface area contributed by atoms with E-state index in [2.05, 4.69) is 10.3 Å². The number of imide groups is 2. The van der Waals surface area contributed by atoms with Crippen LogP contribution in [0, 0.1) is 5.41 Å². The van der Waals surface area contributed by atoms with E-state index < -0.39 is 17.4 Å². The zero-order chi connectivity index (χ0) is 12.8. The van der Waals surface area contributed by atoms with E-state index in [4.69, 9.17) is 0 Å². The molecule has 1 aromatic rings. The Morgan fingerprint density at radius 2 is 2.17 bits per heavy atom. The van der Waals surface area contributed by atoms with E-state index in [0.717, 1.165) is 11.3 Å². The van der Waals surface area contributed by atoms with Gasteiger partial charge in [-0.3, -0.25) is 19.8 Å². The van der Waals surface area contributed by atoms with Crippen LogP contribution in [0.2, 0.25) is 0 Å². The number of urea groups is 1. The molecular formula is C11H11N3O3S. The van der Waals surface area contributed by atoms with Crippen LogP contribution >= 0.6 is 11.3 Å². The fraction of sp³-hybridized carbons (Fsp3) is 0.455. The number of hydrogen-bond acceptors (Lipinski definition) is 5. The number of rotatable bonds is 2. The minimum absolute atomic E-state index is 0.128. The highest BCUT2D eigenvalue weighted by Gasteiger charge is 2.57. The van der Waals surface area contributed by atoms with Gasteiger partial charge in [-0.2, -0.15) is 0 Å². The molecule has 1 aliphatic heterocycles. The Balaban J connectivity index is 1.87. The standard InChI is InChI=1S/C11H11N3O3S/c15-8-11(2-1-3-11)9(16)14(10(17)13-8)4-7-5-18-6-12-7/h5-6H,1-4H2,(H,13,15,17). The number of carbonyl (C=O) groups is 3. The summed E-state index contributed by atoms with van der Waals surface area (Å²) in [5.74, 6) is -0.825. The molecule has 1 saturated carbocycles. The Labute approximate surface area is 107 Å². The monoisotopic (exact) mass is 265 g/mol. The van der Waals surface area contributed by atoms with Crippen LogP contribution in [0.4, 0.5) is 4.79 Å². The van der Waals surface area contributed by atoms with Crippen LogP contribution in [0.1, 0.15) is 25.0 Å². The number of thiazole rings is 1. The van der Waals surface area contributed by atoms with E-state index in [-0.39, 0.29) is 12.5 Å². The van der Waals surface area contributed by atoms with Gasteiger partial charge >= 0.3 is 6.03 Å². The number of hydrogen-bond donors (Lipinski definition) is 1. The third-order valence-corrected chi connectivity index (χ3v) is 4.20. The van der Waals surface area contributed by atoms with Crippen molar-refractivity contribution in [2.45, 2.75) is 25.8 Å². The summed E-state index contributed by atoms with van der Waals surface area (Å²) >= 11 is 1.40. The van der Waals surface area contributed by atoms with Crippen molar-refractivity contribution in [3.8, 4) is 0 Å². The Hall–Kier alpha value is -1.76. The largest absolute Gasteiger partial charge is 0.331 e. The number of carbonyl (C=O) groups excluding carboxylic acids is 3. The molecule has 2 aliphatic rings. The molecule has 6 nitrogen and oxygen atoms in total. The van der Waals surface area contributed by atoms with Crippen molar-refractivity contribution in [2.24, 2.45) is 5.41 Å². The summed E-state index contributed by atoms with van der Waals surface area (Å²) in [7, 11) is 0. The van der Waals surface area contributed by atoms with Crippen LogP contribution in [-0.4, -0.2) is 27.7 Å². The SMILES string of the molecule is O=C1NC(=O)C2(CCC2)C(=O)N1Cc1cscn1. The van der Waals surface area contributed by atoms with Gasteiger partial charge in [0.15, 0.2) is 0 Å². The predicted octanol–water partition coefficient (Wildman–Crippen LogP) is 0.892. The lowest BCUT2D eigenvalue weighted by molar-refractivity contribution is -0.158. The van der Waals surface area contributed by atoms with Gasteiger partial charge in [-0.1, -0.05) is 6.42 Å². The first-order valence-corrected chi connectivity index (χ1v) is 6.62. The molecule has 18 heavy (non-hydrogen) atoms. The first-order chi connectivity index (χ1) is 8.63. The Morgan fingerprint density at radius 1 is 1.39 bits per heavy atom. The zero-order valence-corrected chi connectivity index (χ0v) is 10.3. The molecule has 0 aromatic carbocycles. The van der Waals surface area contributed by atoms with Gasteiger partial charge in [0.1, 0.15) is 5.41 Å². The normalized spacial score (nSPS) is 22.0. The Morgan fingerprint density at radius 3 is 2.72 bits per heavy atom. The molecular weight excluding hydrogens is 254 g/mol. The number of barbiturate groups is 1. The van der Waals surface area contributed by atoms with Gasteiger partial charge in [0, 0.05) is 5.38 Å². The van der Waals surface area contributed by atoms with Crippen LogP contribution in [0.25, 0.3) is 0 Å². The van der Waals surface area contributed by atoms with E-state index in [1.165, 1.54) is 11.3 Å². The molecule has 4 amide bonds. The zero-order valence-electron chi connectivity index (χ0n) is 9.51. The molecule has 0 unspecified atom stereocenters. The molecule has 7 heteroatoms. The van der Waals surface area contributed by atoms with Crippen molar-refractivity contribution < 1.29 is 14.4 Å². The van der Waals surface area contributed by atoms with Gasteiger partial charge in [-0.25, -0.2) is 9.78 Å². The maximum Gasteiger partial charge on any atom is 0.331 e. The fourth-order valence-corrected chi connectivity index (χ4v) is 2.87. The Bertz CT molecular complexity index is 522. The lowest BCUT2D eigenvalue weighted by Gasteiger charge is -2.44. The molecule has 1 spiro atoms. The van der Waals surface area contributed by atoms with Gasteiger partial charge in [0.2, 0.25) is 11.8 Å². The molecule has 0 radical (unpaired) electrons. The molecule has 1 aromatic heterocycles. The summed E-state index contributed by atoms with van der Waals surface area (Å²) < 4.78 is 0. The third-order valence-electron chi connectivity index (χ3n) is 3.57. The van der Waals surface area contributed by atoms with E-state index in [1.807, 2.05) is 0 Å². The van der Waals surface area contributed by atoms with E-state index in [0.29, 0.717) is 18.5 Å². The lowest BCUT2D eigenvalue weighted by atomic mass is 9.66. The van der Waals surface area contributed by atoms with Gasteiger partial charge in [-0.05, 0) is 12.8 Å². The van der Waals surface area contributed by atoms with Crippen molar-refractivity contribution >= 4 is 29.2 Å². The molecule has 1 aliphatic carbocycles. The minimum atomic E-state index is -0.996. The molecule has 94 valence electrons. The van der Waals surface area contributed by atoms with E-state index in [1.54, 1.807) is 10.9 Å². The summed E-state index contributed by atoms with van der Waals surface area (Å²) in [5.41, 5.74) is 1.31. The van der Waals surface area contributed by atoms with Gasteiger partial charge in [0.25, 0.3) is 0 Å². The second-order valence-corrected chi connectivity index (χ2v) is 5.28. The van der Waals surface area contributed by atoms with Gasteiger partial charge in [-0.15, -0.1) is 11.3 Å². The van der Waals surface area contributed by atoms with E-state index >= 15 is 0 Å². The highest BCUT2D eigenvalue weighted by Crippen LogP contribution is 2.44. The fourth-order valence-electron chi connectivity index (χ4n) is 2.32. The second kappa shape index (κ2) is 3.88. The summed E-state index contributed by atoms with van der Waals surface area (Å²) in [6, 6.07) is -0.643. The topological polar surface area (TPSA) is 79.4 Å². The van der Waals surface area contributed by atoms with Crippen LogP contribution < -0.4 is 5.32 Å². The molecule has 0 bridgehead atoms. The van der Waals surface area contributed by atoms with Crippen LogP contribution in [0.15, 0.2) is 10.9 Å². The average Bonchev–Trinajstić information content (AvgIpc) is 2.74. The number of nitrogens with one attached hydrogen (secondary N) is 1. The van der Waals surface area contributed by atoms with Crippen molar-refractivity contribution in [3.63, 3.8) is 0 Å². The first-order valence-electron chi connectivity index (χ1n) is 5.68. The molecule has 3 rings (SSSR count). The van der Waals surface area contributed by atoms with Crippen molar-refractivity contribution in [3.05, 3.63) is 16.6 Å². The van der Waals surface area contributed by atoms with Gasteiger partial charge < -0.3 is 0 Å².